The van der Waals surface area contributed by atoms with Crippen molar-refractivity contribution >= 4 is 11.8 Å². The number of amides is 1. The third kappa shape index (κ3) is 6.57. The molecule has 1 aliphatic heterocycles. The highest BCUT2D eigenvalue weighted by molar-refractivity contribution is 5.67. The van der Waals surface area contributed by atoms with E-state index in [1.165, 1.54) is 7.11 Å². The molecule has 1 N–H and O–H groups in total. The molecule has 1 atom stereocenters. The molecule has 11 heteroatoms. The molecule has 0 spiro atoms. The second kappa shape index (κ2) is 9.88. The summed E-state index contributed by atoms with van der Waals surface area (Å²) in [4.78, 5) is 22.8. The van der Waals surface area contributed by atoms with Crippen molar-refractivity contribution in [3.05, 3.63) is 15.8 Å². The largest absolute Gasteiger partial charge is 0.469 e. The molecule has 11 nitrogen and oxygen atoms in total. The van der Waals surface area contributed by atoms with Crippen LogP contribution in [0.1, 0.15) is 45.3 Å². The summed E-state index contributed by atoms with van der Waals surface area (Å²) in [5.74, 6) is -0.0571. The number of rotatable bonds is 8. The number of aromatic nitrogens is 2. The van der Waals surface area contributed by atoms with Gasteiger partial charge in [-0.2, -0.15) is 0 Å². The molecule has 1 saturated heterocycles. The predicted molar refractivity (Wildman–Crippen MR) is 103 cm³/mol. The summed E-state index contributed by atoms with van der Waals surface area (Å²) in [7, 11) is 1.46. The maximum Gasteiger partial charge on any atom is 0.407 e. The van der Waals surface area contributed by atoms with Crippen molar-refractivity contribution in [3.8, 4) is 5.88 Å². The molecule has 1 aliphatic rings. The van der Waals surface area contributed by atoms with Crippen LogP contribution in [-0.2, 0) is 14.2 Å². The summed E-state index contributed by atoms with van der Waals surface area (Å²) in [6.45, 7) is 8.24. The summed E-state index contributed by atoms with van der Waals surface area (Å²) in [6, 6.07) is 0.0341. The van der Waals surface area contributed by atoms with Gasteiger partial charge in [0.15, 0.2) is 0 Å². The number of hydrogen-bond acceptors (Lipinski definition) is 8. The minimum atomic E-state index is -0.613. The average Bonchev–Trinajstić information content (AvgIpc) is 2.97. The predicted octanol–water partition coefficient (Wildman–Crippen LogP) is 2.37. The van der Waals surface area contributed by atoms with Crippen LogP contribution in [0, 0.1) is 17.0 Å². The molecule has 2 heterocycles. The summed E-state index contributed by atoms with van der Waals surface area (Å²) in [5.41, 5.74) is -0.331. The van der Waals surface area contributed by atoms with Crippen LogP contribution in [0.2, 0.25) is 0 Å². The van der Waals surface area contributed by atoms with Gasteiger partial charge in [-0.05, 0) is 40.5 Å². The molecular formula is C18H30N4O7. The molecule has 29 heavy (non-hydrogen) atoms. The van der Waals surface area contributed by atoms with Gasteiger partial charge in [0.1, 0.15) is 24.0 Å². The number of alkyl carbamates (subject to hydrolysis) is 1. The van der Waals surface area contributed by atoms with E-state index in [0.29, 0.717) is 18.9 Å². The Morgan fingerprint density at radius 1 is 1.41 bits per heavy atom. The fourth-order valence-electron chi connectivity index (χ4n) is 2.97. The quantitative estimate of drug-likeness (QED) is 0.507. The van der Waals surface area contributed by atoms with E-state index in [1.807, 2.05) is 0 Å². The first-order valence-corrected chi connectivity index (χ1v) is 9.56. The zero-order valence-electron chi connectivity index (χ0n) is 17.6. The molecule has 0 radical (unpaired) electrons. The maximum atomic E-state index is 11.8. The van der Waals surface area contributed by atoms with E-state index >= 15 is 0 Å². The molecule has 164 valence electrons. The lowest BCUT2D eigenvalue weighted by atomic mass is 10.1. The number of nitrogens with one attached hydrogen (secondary N) is 1. The lowest BCUT2D eigenvalue weighted by molar-refractivity contribution is -0.386. The van der Waals surface area contributed by atoms with Crippen molar-refractivity contribution in [1.29, 1.82) is 0 Å². The van der Waals surface area contributed by atoms with E-state index in [1.54, 1.807) is 32.4 Å². The topological polar surface area (TPSA) is 127 Å². The van der Waals surface area contributed by atoms with Crippen LogP contribution in [0.4, 0.5) is 10.5 Å². The zero-order valence-corrected chi connectivity index (χ0v) is 17.6. The van der Waals surface area contributed by atoms with Crippen LogP contribution in [0.25, 0.3) is 0 Å². The Labute approximate surface area is 169 Å². The van der Waals surface area contributed by atoms with Crippen molar-refractivity contribution in [2.24, 2.45) is 0 Å². The highest BCUT2D eigenvalue weighted by Gasteiger charge is 2.31. The Balaban J connectivity index is 2.02. The Hall–Kier alpha value is -2.40. The van der Waals surface area contributed by atoms with E-state index < -0.39 is 22.7 Å². The van der Waals surface area contributed by atoms with Gasteiger partial charge in [-0.3, -0.25) is 14.8 Å². The minimum absolute atomic E-state index is 0.0165. The van der Waals surface area contributed by atoms with Crippen LogP contribution >= 0.6 is 0 Å². The van der Waals surface area contributed by atoms with Gasteiger partial charge in [-0.15, -0.1) is 5.10 Å². The number of nitro groups is 1. The van der Waals surface area contributed by atoms with E-state index in [0.717, 1.165) is 12.8 Å². The first kappa shape index (κ1) is 22.9. The molecule has 0 bridgehead atoms. The summed E-state index contributed by atoms with van der Waals surface area (Å²) >= 11 is 0. The molecule has 1 aromatic rings. The van der Waals surface area contributed by atoms with Gasteiger partial charge in [0.25, 0.3) is 0 Å². The number of ether oxygens (including phenoxy) is 4. The molecule has 1 aromatic heterocycles. The standard InChI is InChI=1S/C18H30N4O7/c1-12-15(22(24)25)16(20-21(12)13-6-8-27-9-7-13)28-11-14(26-5)10-19-17(23)29-18(2,3)4/h13-14H,6-11H2,1-5H3,(H,19,23). The van der Waals surface area contributed by atoms with Gasteiger partial charge in [0, 0.05) is 20.3 Å². The molecule has 1 unspecified atom stereocenters. The van der Waals surface area contributed by atoms with Crippen molar-refractivity contribution in [3.63, 3.8) is 0 Å². The van der Waals surface area contributed by atoms with Gasteiger partial charge in [0.05, 0.1) is 17.5 Å². The Kier molecular flexibility index (Phi) is 7.80. The van der Waals surface area contributed by atoms with E-state index in [4.69, 9.17) is 18.9 Å². The number of methoxy groups -OCH3 is 1. The Morgan fingerprint density at radius 3 is 2.62 bits per heavy atom. The van der Waals surface area contributed by atoms with Crippen LogP contribution in [0.3, 0.4) is 0 Å². The average molecular weight is 414 g/mol. The Bertz CT molecular complexity index is 708. The second-order valence-electron chi connectivity index (χ2n) is 7.84. The third-order valence-corrected chi connectivity index (χ3v) is 4.42. The second-order valence-corrected chi connectivity index (χ2v) is 7.84. The minimum Gasteiger partial charge on any atom is -0.469 e. The first-order valence-electron chi connectivity index (χ1n) is 9.56. The lowest BCUT2D eigenvalue weighted by Crippen LogP contribution is -2.39. The maximum absolute atomic E-state index is 11.8. The number of carbonyl (C=O) groups is 1. The zero-order chi connectivity index (χ0) is 21.6. The fourth-order valence-corrected chi connectivity index (χ4v) is 2.97. The van der Waals surface area contributed by atoms with Crippen molar-refractivity contribution in [2.45, 2.75) is 58.3 Å². The summed E-state index contributed by atoms with van der Waals surface area (Å²) < 4.78 is 23.1. The molecule has 0 aliphatic carbocycles. The van der Waals surface area contributed by atoms with Gasteiger partial charge in [-0.1, -0.05) is 0 Å². The number of carbonyl (C=O) groups excluding carboxylic acids is 1. The normalized spacial score (nSPS) is 16.3. The van der Waals surface area contributed by atoms with Gasteiger partial charge >= 0.3 is 17.7 Å². The molecule has 2 rings (SSSR count). The van der Waals surface area contributed by atoms with Crippen LogP contribution in [0.15, 0.2) is 0 Å². The summed E-state index contributed by atoms with van der Waals surface area (Å²) in [6.07, 6.45) is 0.361. The van der Waals surface area contributed by atoms with Crippen molar-refractivity contribution < 1.29 is 28.7 Å². The van der Waals surface area contributed by atoms with Crippen LogP contribution in [-0.4, -0.2) is 66.0 Å². The van der Waals surface area contributed by atoms with Gasteiger partial charge < -0.3 is 24.3 Å². The molecule has 1 amide bonds. The monoisotopic (exact) mass is 414 g/mol. The van der Waals surface area contributed by atoms with E-state index in [-0.39, 0.29) is 30.8 Å². The lowest BCUT2D eigenvalue weighted by Gasteiger charge is -2.23. The smallest absolute Gasteiger partial charge is 0.407 e. The fraction of sp³-hybridized carbons (Fsp3) is 0.778. The van der Waals surface area contributed by atoms with Crippen molar-refractivity contribution in [1.82, 2.24) is 15.1 Å². The van der Waals surface area contributed by atoms with Crippen LogP contribution in [0.5, 0.6) is 5.88 Å². The third-order valence-electron chi connectivity index (χ3n) is 4.42. The van der Waals surface area contributed by atoms with E-state index in [2.05, 4.69) is 10.4 Å². The molecule has 0 aromatic carbocycles. The molecular weight excluding hydrogens is 384 g/mol. The van der Waals surface area contributed by atoms with Gasteiger partial charge in [-0.25, -0.2) is 4.79 Å². The first-order chi connectivity index (χ1) is 13.6. The Morgan fingerprint density at radius 2 is 2.07 bits per heavy atom. The number of nitrogens with zero attached hydrogens (tertiary/aromatic N) is 3. The van der Waals surface area contributed by atoms with Gasteiger partial charge in [0.2, 0.25) is 0 Å². The number of hydrogen-bond donors (Lipinski definition) is 1. The van der Waals surface area contributed by atoms with E-state index in [9.17, 15) is 14.9 Å². The van der Waals surface area contributed by atoms with Crippen LogP contribution < -0.4 is 10.1 Å². The summed E-state index contributed by atoms with van der Waals surface area (Å²) in [5, 5.41) is 18.5. The SMILES string of the molecule is COC(CNC(=O)OC(C)(C)C)COc1nn(C2CCOCC2)c(C)c1[N+](=O)[O-]. The molecule has 0 saturated carbocycles. The highest BCUT2D eigenvalue weighted by Crippen LogP contribution is 2.34. The van der Waals surface area contributed by atoms with Crippen molar-refractivity contribution in [2.75, 3.05) is 33.5 Å². The molecule has 1 fully saturated rings. The highest BCUT2D eigenvalue weighted by atomic mass is 16.6.